The minimum Gasteiger partial charge on any atom is -0.398 e. The highest BCUT2D eigenvalue weighted by molar-refractivity contribution is 9.10. The molecule has 2 aromatic rings. The van der Waals surface area contributed by atoms with Gasteiger partial charge in [0.1, 0.15) is 0 Å². The Morgan fingerprint density at radius 1 is 1.47 bits per heavy atom. The van der Waals surface area contributed by atoms with E-state index in [1.54, 1.807) is 41.5 Å². The number of benzene rings is 1. The van der Waals surface area contributed by atoms with Crippen LogP contribution in [0.15, 0.2) is 34.1 Å². The van der Waals surface area contributed by atoms with Crippen LogP contribution >= 0.6 is 38.9 Å². The van der Waals surface area contributed by atoms with Crippen LogP contribution in [-0.4, -0.2) is 17.9 Å². The number of halogens is 2. The standard InChI is InChI=1S/C13H12BrClN2OS/c1-17(6-10-4-8(14)7-19-10)13(18)11-3-2-9(15)5-12(11)16/h2-5,7H,6,16H2,1H3. The van der Waals surface area contributed by atoms with E-state index in [0.29, 0.717) is 22.8 Å². The first kappa shape index (κ1) is 14.4. The second-order valence-electron chi connectivity index (χ2n) is 4.12. The summed E-state index contributed by atoms with van der Waals surface area (Å²) in [7, 11) is 1.75. The number of carbonyl (C=O) groups excluding carboxylic acids is 1. The third kappa shape index (κ3) is 3.49. The van der Waals surface area contributed by atoms with Gasteiger partial charge >= 0.3 is 0 Å². The van der Waals surface area contributed by atoms with E-state index in [4.69, 9.17) is 17.3 Å². The number of rotatable bonds is 3. The number of nitrogens with zero attached hydrogens (tertiary/aromatic N) is 1. The van der Waals surface area contributed by atoms with Gasteiger partial charge in [-0.1, -0.05) is 11.6 Å². The van der Waals surface area contributed by atoms with Gasteiger partial charge in [0, 0.05) is 32.5 Å². The van der Waals surface area contributed by atoms with Crippen LogP contribution in [0.1, 0.15) is 15.2 Å². The molecule has 0 aliphatic heterocycles. The maximum absolute atomic E-state index is 12.3. The van der Waals surface area contributed by atoms with E-state index in [2.05, 4.69) is 15.9 Å². The van der Waals surface area contributed by atoms with Crippen molar-refractivity contribution in [3.8, 4) is 0 Å². The van der Waals surface area contributed by atoms with Crippen molar-refractivity contribution in [3.05, 3.63) is 49.6 Å². The zero-order valence-corrected chi connectivity index (χ0v) is 13.3. The average molecular weight is 360 g/mol. The Hall–Kier alpha value is -1.04. The van der Waals surface area contributed by atoms with Crippen molar-refractivity contribution in [2.45, 2.75) is 6.54 Å². The van der Waals surface area contributed by atoms with Gasteiger partial charge in [-0.3, -0.25) is 4.79 Å². The summed E-state index contributed by atoms with van der Waals surface area (Å²) in [5.74, 6) is -0.112. The van der Waals surface area contributed by atoms with Crippen molar-refractivity contribution >= 4 is 50.5 Å². The van der Waals surface area contributed by atoms with Crippen molar-refractivity contribution in [1.82, 2.24) is 4.90 Å². The van der Waals surface area contributed by atoms with E-state index in [1.165, 1.54) is 0 Å². The molecule has 0 saturated heterocycles. The number of amides is 1. The van der Waals surface area contributed by atoms with E-state index >= 15 is 0 Å². The van der Waals surface area contributed by atoms with Crippen molar-refractivity contribution in [2.24, 2.45) is 0 Å². The number of carbonyl (C=O) groups is 1. The highest BCUT2D eigenvalue weighted by atomic mass is 79.9. The summed E-state index contributed by atoms with van der Waals surface area (Å²) >= 11 is 10.8. The third-order valence-electron chi connectivity index (χ3n) is 2.61. The second kappa shape index (κ2) is 5.94. The van der Waals surface area contributed by atoms with Crippen molar-refractivity contribution in [3.63, 3.8) is 0 Å². The third-order valence-corrected chi connectivity index (χ3v) is 4.52. The molecule has 2 N–H and O–H groups in total. The fourth-order valence-electron chi connectivity index (χ4n) is 1.68. The molecule has 6 heteroatoms. The van der Waals surface area contributed by atoms with E-state index in [1.807, 2.05) is 11.4 Å². The second-order valence-corrected chi connectivity index (χ2v) is 6.47. The maximum atomic E-state index is 12.3. The molecule has 1 aromatic carbocycles. The number of hydrogen-bond acceptors (Lipinski definition) is 3. The molecular weight excluding hydrogens is 348 g/mol. The van der Waals surface area contributed by atoms with Crippen LogP contribution in [0.2, 0.25) is 5.02 Å². The van der Waals surface area contributed by atoms with Gasteiger partial charge in [-0.15, -0.1) is 11.3 Å². The molecule has 100 valence electrons. The van der Waals surface area contributed by atoms with Gasteiger partial charge in [0.15, 0.2) is 0 Å². The number of nitrogen functional groups attached to an aromatic ring is 1. The highest BCUT2D eigenvalue weighted by Gasteiger charge is 2.15. The molecule has 0 atom stereocenters. The molecule has 0 saturated carbocycles. The summed E-state index contributed by atoms with van der Waals surface area (Å²) in [5.41, 5.74) is 6.70. The quantitative estimate of drug-likeness (QED) is 0.841. The summed E-state index contributed by atoms with van der Waals surface area (Å²) < 4.78 is 1.03. The molecule has 0 radical (unpaired) electrons. The molecule has 19 heavy (non-hydrogen) atoms. The van der Waals surface area contributed by atoms with Crippen LogP contribution in [0.25, 0.3) is 0 Å². The summed E-state index contributed by atoms with van der Waals surface area (Å²) in [5, 5.41) is 2.52. The van der Waals surface area contributed by atoms with Crippen LogP contribution in [0.3, 0.4) is 0 Å². The largest absolute Gasteiger partial charge is 0.398 e. The zero-order valence-electron chi connectivity index (χ0n) is 10.2. The fourth-order valence-corrected chi connectivity index (χ4v) is 3.36. The summed E-state index contributed by atoms with van der Waals surface area (Å²) in [6.07, 6.45) is 0. The Morgan fingerprint density at radius 3 is 2.79 bits per heavy atom. The van der Waals surface area contributed by atoms with Gasteiger partial charge in [-0.2, -0.15) is 0 Å². The first-order valence-electron chi connectivity index (χ1n) is 5.51. The van der Waals surface area contributed by atoms with Gasteiger partial charge in [0.2, 0.25) is 0 Å². The summed E-state index contributed by atoms with van der Waals surface area (Å²) in [4.78, 5) is 15.0. The minimum absolute atomic E-state index is 0.112. The van der Waals surface area contributed by atoms with Gasteiger partial charge in [0.05, 0.1) is 12.1 Å². The molecule has 0 aliphatic rings. The van der Waals surface area contributed by atoms with Crippen LogP contribution in [0.4, 0.5) is 5.69 Å². The van der Waals surface area contributed by atoms with Crippen molar-refractivity contribution < 1.29 is 4.79 Å². The molecule has 0 aliphatic carbocycles. The van der Waals surface area contributed by atoms with E-state index < -0.39 is 0 Å². The average Bonchev–Trinajstić information content (AvgIpc) is 2.74. The lowest BCUT2D eigenvalue weighted by molar-refractivity contribution is 0.0787. The van der Waals surface area contributed by atoms with Gasteiger partial charge in [-0.25, -0.2) is 0 Å². The zero-order chi connectivity index (χ0) is 14.0. The van der Waals surface area contributed by atoms with Crippen LogP contribution in [-0.2, 0) is 6.54 Å². The van der Waals surface area contributed by atoms with Crippen molar-refractivity contribution in [2.75, 3.05) is 12.8 Å². The van der Waals surface area contributed by atoms with E-state index in [0.717, 1.165) is 9.35 Å². The van der Waals surface area contributed by atoms with Gasteiger partial charge < -0.3 is 10.6 Å². The molecule has 0 unspecified atom stereocenters. The Bertz CT molecular complexity index is 614. The molecule has 1 heterocycles. The SMILES string of the molecule is CN(Cc1cc(Br)cs1)C(=O)c1ccc(Cl)cc1N. The van der Waals surface area contributed by atoms with Crippen LogP contribution < -0.4 is 5.73 Å². The lowest BCUT2D eigenvalue weighted by Gasteiger charge is -2.17. The summed E-state index contributed by atoms with van der Waals surface area (Å²) in [6, 6.07) is 6.91. The van der Waals surface area contributed by atoms with Crippen molar-refractivity contribution in [1.29, 1.82) is 0 Å². The highest BCUT2D eigenvalue weighted by Crippen LogP contribution is 2.23. The molecule has 3 nitrogen and oxygen atoms in total. The maximum Gasteiger partial charge on any atom is 0.256 e. The topological polar surface area (TPSA) is 46.3 Å². The molecule has 0 spiro atoms. The molecule has 0 bridgehead atoms. The van der Waals surface area contributed by atoms with E-state index in [9.17, 15) is 4.79 Å². The predicted molar refractivity (Wildman–Crippen MR) is 83.7 cm³/mol. The lowest BCUT2D eigenvalue weighted by Crippen LogP contribution is -2.26. The van der Waals surface area contributed by atoms with Crippen LogP contribution in [0.5, 0.6) is 0 Å². The first-order valence-corrected chi connectivity index (χ1v) is 7.56. The van der Waals surface area contributed by atoms with E-state index in [-0.39, 0.29) is 5.91 Å². The Kier molecular flexibility index (Phi) is 4.50. The Balaban J connectivity index is 2.14. The molecule has 0 fully saturated rings. The summed E-state index contributed by atoms with van der Waals surface area (Å²) in [6.45, 7) is 0.553. The number of hydrogen-bond donors (Lipinski definition) is 1. The first-order chi connectivity index (χ1) is 8.97. The molecular formula is C13H12BrClN2OS. The number of anilines is 1. The van der Waals surface area contributed by atoms with Crippen LogP contribution in [0, 0.1) is 0 Å². The molecule has 1 aromatic heterocycles. The minimum atomic E-state index is -0.112. The van der Waals surface area contributed by atoms with Gasteiger partial charge in [-0.05, 0) is 40.2 Å². The van der Waals surface area contributed by atoms with Gasteiger partial charge in [0.25, 0.3) is 5.91 Å². The predicted octanol–water partition coefficient (Wildman–Crippen LogP) is 4.02. The lowest BCUT2D eigenvalue weighted by atomic mass is 10.1. The Labute approximate surface area is 129 Å². The Morgan fingerprint density at radius 2 is 2.21 bits per heavy atom. The number of nitrogens with two attached hydrogens (primary N) is 1. The number of thiophene rings is 1. The monoisotopic (exact) mass is 358 g/mol. The normalized spacial score (nSPS) is 10.5. The molecule has 1 amide bonds. The fraction of sp³-hybridized carbons (Fsp3) is 0.154. The molecule has 2 rings (SSSR count). The smallest absolute Gasteiger partial charge is 0.256 e.